The largest absolute Gasteiger partial charge is 0.494 e. The van der Waals surface area contributed by atoms with Gasteiger partial charge in [0.1, 0.15) is 18.1 Å². The van der Waals surface area contributed by atoms with E-state index in [0.717, 1.165) is 0 Å². The van der Waals surface area contributed by atoms with Crippen LogP contribution in [-0.2, 0) is 6.61 Å². The number of amides is 1. The van der Waals surface area contributed by atoms with E-state index in [2.05, 4.69) is 5.10 Å². The fourth-order valence-electron chi connectivity index (χ4n) is 3.04. The first-order chi connectivity index (χ1) is 14.1. The lowest BCUT2D eigenvalue weighted by Crippen LogP contribution is -2.56. The smallest absolute Gasteiger partial charge is 0.438 e. The van der Waals surface area contributed by atoms with Gasteiger partial charge < -0.3 is 14.6 Å². The van der Waals surface area contributed by atoms with Gasteiger partial charge >= 0.3 is 6.18 Å². The van der Waals surface area contributed by atoms with Gasteiger partial charge in [0.15, 0.2) is 0 Å². The van der Waals surface area contributed by atoms with Crippen LogP contribution in [0.15, 0.2) is 53.6 Å². The molecule has 9 heteroatoms. The van der Waals surface area contributed by atoms with E-state index in [-0.39, 0.29) is 22.9 Å². The van der Waals surface area contributed by atoms with Crippen molar-refractivity contribution in [2.45, 2.75) is 38.8 Å². The molecule has 3 rings (SSSR count). The molecule has 1 aliphatic heterocycles. The van der Waals surface area contributed by atoms with Crippen molar-refractivity contribution in [3.63, 3.8) is 0 Å². The van der Waals surface area contributed by atoms with Crippen molar-refractivity contribution < 1.29 is 32.5 Å². The molecule has 0 bridgehead atoms. The number of hydrogen-bond donors (Lipinski definition) is 1. The SMILES string of the molecule is CCOc1ccc(OCc2cccc(C(=O)N3N=C(C)CC3(O)C(F)(F)F)c2)cc1. The van der Waals surface area contributed by atoms with Gasteiger partial charge in [0.05, 0.1) is 6.61 Å². The Kier molecular flexibility index (Phi) is 6.02. The molecule has 0 fully saturated rings. The molecule has 1 N–H and O–H groups in total. The summed E-state index contributed by atoms with van der Waals surface area (Å²) in [6.45, 7) is 3.85. The zero-order valence-electron chi connectivity index (χ0n) is 16.4. The quantitative estimate of drug-likeness (QED) is 0.760. The fraction of sp³-hybridized carbons (Fsp3) is 0.333. The van der Waals surface area contributed by atoms with E-state index in [9.17, 15) is 23.1 Å². The minimum atomic E-state index is -5.04. The van der Waals surface area contributed by atoms with Gasteiger partial charge in [0, 0.05) is 17.7 Å². The molecule has 6 nitrogen and oxygen atoms in total. The molecule has 0 saturated carbocycles. The Bertz CT molecular complexity index is 944. The number of carbonyl (C=O) groups excluding carboxylic acids is 1. The summed E-state index contributed by atoms with van der Waals surface area (Å²) in [5.74, 6) is 0.229. The van der Waals surface area contributed by atoms with Gasteiger partial charge in [0.2, 0.25) is 0 Å². The molecule has 0 aromatic heterocycles. The molecule has 2 aromatic carbocycles. The Morgan fingerprint density at radius 3 is 2.40 bits per heavy atom. The van der Waals surface area contributed by atoms with E-state index in [1.54, 1.807) is 30.3 Å². The van der Waals surface area contributed by atoms with Crippen LogP contribution in [0.1, 0.15) is 36.2 Å². The lowest BCUT2D eigenvalue weighted by molar-refractivity contribution is -0.297. The first-order valence-corrected chi connectivity index (χ1v) is 9.26. The lowest BCUT2D eigenvalue weighted by atomic mass is 10.1. The van der Waals surface area contributed by atoms with E-state index < -0.39 is 24.2 Å². The third-order valence-electron chi connectivity index (χ3n) is 4.48. The summed E-state index contributed by atoms with van der Waals surface area (Å²) in [5.41, 5.74) is -2.81. The normalized spacial score (nSPS) is 18.9. The maximum Gasteiger partial charge on any atom is 0.438 e. The number of carbonyl (C=O) groups is 1. The summed E-state index contributed by atoms with van der Waals surface area (Å²) in [7, 11) is 0. The van der Waals surface area contributed by atoms with Crippen LogP contribution in [0.5, 0.6) is 11.5 Å². The molecule has 30 heavy (non-hydrogen) atoms. The number of ether oxygens (including phenoxy) is 2. The zero-order valence-corrected chi connectivity index (χ0v) is 16.4. The Balaban J connectivity index is 1.74. The van der Waals surface area contributed by atoms with Crippen LogP contribution in [0.25, 0.3) is 0 Å². The predicted octanol–water partition coefficient (Wildman–Crippen LogP) is 4.14. The van der Waals surface area contributed by atoms with Crippen LogP contribution < -0.4 is 9.47 Å². The molecular formula is C21H21F3N2O4. The Labute approximate surface area is 171 Å². The van der Waals surface area contributed by atoms with Gasteiger partial charge in [0.25, 0.3) is 11.6 Å². The van der Waals surface area contributed by atoms with Crippen LogP contribution in [0.2, 0.25) is 0 Å². The van der Waals surface area contributed by atoms with Crippen molar-refractivity contribution in [3.05, 3.63) is 59.7 Å². The molecule has 0 aliphatic carbocycles. The first-order valence-electron chi connectivity index (χ1n) is 9.26. The number of hydrazone groups is 1. The molecule has 1 atom stereocenters. The van der Waals surface area contributed by atoms with Gasteiger partial charge in [-0.1, -0.05) is 12.1 Å². The number of halogens is 3. The van der Waals surface area contributed by atoms with Crippen molar-refractivity contribution >= 4 is 11.6 Å². The number of rotatable bonds is 6. The average Bonchev–Trinajstić information content (AvgIpc) is 3.03. The summed E-state index contributed by atoms with van der Waals surface area (Å²) < 4.78 is 51.1. The van der Waals surface area contributed by atoms with Crippen LogP contribution in [0.4, 0.5) is 13.2 Å². The average molecular weight is 422 g/mol. The highest BCUT2D eigenvalue weighted by molar-refractivity contribution is 5.98. The number of hydrogen-bond acceptors (Lipinski definition) is 5. The third-order valence-corrected chi connectivity index (χ3v) is 4.48. The van der Waals surface area contributed by atoms with Crippen molar-refractivity contribution in [3.8, 4) is 11.5 Å². The second-order valence-electron chi connectivity index (χ2n) is 6.84. The van der Waals surface area contributed by atoms with Gasteiger partial charge in [-0.05, 0) is 55.8 Å². The predicted molar refractivity (Wildman–Crippen MR) is 103 cm³/mol. The highest BCUT2D eigenvalue weighted by Crippen LogP contribution is 2.40. The van der Waals surface area contributed by atoms with Gasteiger partial charge in [-0.25, -0.2) is 0 Å². The summed E-state index contributed by atoms with van der Waals surface area (Å²) >= 11 is 0. The highest BCUT2D eigenvalue weighted by atomic mass is 19.4. The van der Waals surface area contributed by atoms with Crippen LogP contribution in [-0.4, -0.2) is 40.2 Å². The second kappa shape index (κ2) is 8.35. The van der Waals surface area contributed by atoms with Crippen molar-refractivity contribution in [1.29, 1.82) is 0 Å². The number of benzene rings is 2. The Morgan fingerprint density at radius 2 is 1.80 bits per heavy atom. The second-order valence-corrected chi connectivity index (χ2v) is 6.84. The fourth-order valence-corrected chi connectivity index (χ4v) is 3.04. The van der Waals surface area contributed by atoms with Crippen LogP contribution in [0, 0.1) is 0 Å². The summed E-state index contributed by atoms with van der Waals surface area (Å²) in [4.78, 5) is 12.7. The highest BCUT2D eigenvalue weighted by Gasteiger charge is 2.62. The van der Waals surface area contributed by atoms with Gasteiger partial charge in [-0.3, -0.25) is 4.79 Å². The van der Waals surface area contributed by atoms with Crippen molar-refractivity contribution in [1.82, 2.24) is 5.01 Å². The number of alkyl halides is 3. The molecule has 0 spiro atoms. The maximum absolute atomic E-state index is 13.4. The van der Waals surface area contributed by atoms with Gasteiger partial charge in [-0.2, -0.15) is 23.3 Å². The van der Waals surface area contributed by atoms with E-state index in [4.69, 9.17) is 9.47 Å². The minimum Gasteiger partial charge on any atom is -0.494 e. The monoisotopic (exact) mass is 422 g/mol. The molecule has 0 radical (unpaired) electrons. The molecule has 1 heterocycles. The van der Waals surface area contributed by atoms with E-state index in [0.29, 0.717) is 23.7 Å². The maximum atomic E-state index is 13.4. The minimum absolute atomic E-state index is 0.0122. The molecule has 2 aromatic rings. The third kappa shape index (κ3) is 4.40. The van der Waals surface area contributed by atoms with E-state index >= 15 is 0 Å². The zero-order chi connectivity index (χ0) is 21.9. The van der Waals surface area contributed by atoms with Crippen molar-refractivity contribution in [2.75, 3.05) is 6.61 Å². The number of nitrogens with zero attached hydrogens (tertiary/aromatic N) is 2. The summed E-state index contributed by atoms with van der Waals surface area (Å²) in [6, 6.07) is 13.0. The Hall–Kier alpha value is -3.07. The first kappa shape index (κ1) is 21.6. The Morgan fingerprint density at radius 1 is 1.17 bits per heavy atom. The molecule has 1 amide bonds. The molecular weight excluding hydrogens is 401 g/mol. The van der Waals surface area contributed by atoms with E-state index in [1.807, 2.05) is 6.92 Å². The van der Waals surface area contributed by atoms with Gasteiger partial charge in [-0.15, -0.1) is 0 Å². The summed E-state index contributed by atoms with van der Waals surface area (Å²) in [6.07, 6.45) is -5.83. The molecule has 1 aliphatic rings. The molecule has 1 unspecified atom stereocenters. The van der Waals surface area contributed by atoms with Crippen molar-refractivity contribution in [2.24, 2.45) is 5.10 Å². The topological polar surface area (TPSA) is 71.4 Å². The molecule has 160 valence electrons. The summed E-state index contributed by atoms with van der Waals surface area (Å²) in [5, 5.41) is 13.8. The van der Waals surface area contributed by atoms with Crippen LogP contribution >= 0.6 is 0 Å². The van der Waals surface area contributed by atoms with E-state index in [1.165, 1.54) is 25.1 Å². The lowest BCUT2D eigenvalue weighted by Gasteiger charge is -2.32. The standard InChI is InChI=1S/C21H21F3N2O4/c1-3-29-17-7-9-18(10-8-17)30-13-15-5-4-6-16(11-15)19(27)26-20(28,21(22,23)24)12-14(2)25-26/h4-11,28H,3,12-13H2,1-2H3. The van der Waals surface area contributed by atoms with Crippen LogP contribution in [0.3, 0.4) is 0 Å². The molecule has 0 saturated heterocycles. The number of aliphatic hydroxyl groups is 1.